The molecule has 0 bridgehead atoms. The predicted octanol–water partition coefficient (Wildman–Crippen LogP) is 0.544. The first-order chi connectivity index (χ1) is 10.2. The van der Waals surface area contributed by atoms with Gasteiger partial charge >= 0.3 is 0 Å². The van der Waals surface area contributed by atoms with Crippen molar-refractivity contribution in [3.05, 3.63) is 54.5 Å². The summed E-state index contributed by atoms with van der Waals surface area (Å²) in [6.45, 7) is 0. The number of nitrogens with zero attached hydrogens (tertiary/aromatic N) is 4. The zero-order chi connectivity index (χ0) is 14.7. The number of amides is 1. The Kier molecular flexibility index (Phi) is 3.46. The van der Waals surface area contributed by atoms with Crippen LogP contribution >= 0.6 is 0 Å². The SMILES string of the molecule is Cn1ccnc1C(=O)NC1N=CC(c2ccccn2)=CN1. The minimum atomic E-state index is -0.512. The van der Waals surface area contributed by atoms with E-state index in [2.05, 4.69) is 25.6 Å². The molecule has 2 aromatic heterocycles. The van der Waals surface area contributed by atoms with E-state index < -0.39 is 6.29 Å². The number of hydrogen-bond acceptors (Lipinski definition) is 5. The molecule has 7 nitrogen and oxygen atoms in total. The molecule has 1 aliphatic heterocycles. The van der Waals surface area contributed by atoms with Crippen LogP contribution in [0.25, 0.3) is 5.57 Å². The van der Waals surface area contributed by atoms with E-state index in [1.165, 1.54) is 0 Å². The third-order valence-electron chi connectivity index (χ3n) is 3.01. The number of hydrogen-bond donors (Lipinski definition) is 2. The topological polar surface area (TPSA) is 84.2 Å². The molecule has 1 atom stereocenters. The molecule has 21 heavy (non-hydrogen) atoms. The Bertz CT molecular complexity index is 703. The molecule has 1 aliphatic rings. The van der Waals surface area contributed by atoms with Gasteiger partial charge in [0.25, 0.3) is 5.91 Å². The fraction of sp³-hybridized carbons (Fsp3) is 0.143. The van der Waals surface area contributed by atoms with Gasteiger partial charge in [-0.3, -0.25) is 9.78 Å². The molecule has 2 aromatic rings. The van der Waals surface area contributed by atoms with E-state index in [0.717, 1.165) is 11.3 Å². The zero-order valence-corrected chi connectivity index (χ0v) is 11.4. The minimum Gasteiger partial charge on any atom is -0.352 e. The van der Waals surface area contributed by atoms with Crippen molar-refractivity contribution in [1.82, 2.24) is 25.2 Å². The lowest BCUT2D eigenvalue weighted by atomic mass is 10.2. The molecule has 2 N–H and O–H groups in total. The van der Waals surface area contributed by atoms with Gasteiger partial charge in [0, 0.05) is 43.6 Å². The summed E-state index contributed by atoms with van der Waals surface area (Å²) in [4.78, 5) is 24.5. The van der Waals surface area contributed by atoms with E-state index >= 15 is 0 Å². The van der Waals surface area contributed by atoms with Gasteiger partial charge in [-0.15, -0.1) is 0 Å². The van der Waals surface area contributed by atoms with Crippen LogP contribution < -0.4 is 10.6 Å². The quantitative estimate of drug-likeness (QED) is 0.860. The Morgan fingerprint density at radius 2 is 2.24 bits per heavy atom. The van der Waals surface area contributed by atoms with E-state index in [0.29, 0.717) is 5.82 Å². The maximum atomic E-state index is 12.0. The molecule has 0 saturated heterocycles. The van der Waals surface area contributed by atoms with Gasteiger partial charge < -0.3 is 15.2 Å². The molecule has 106 valence electrons. The molecule has 0 radical (unpaired) electrons. The van der Waals surface area contributed by atoms with Crippen molar-refractivity contribution in [2.75, 3.05) is 0 Å². The van der Waals surface area contributed by atoms with Crippen molar-refractivity contribution in [3.8, 4) is 0 Å². The first-order valence-corrected chi connectivity index (χ1v) is 6.43. The average molecular weight is 282 g/mol. The second-order valence-electron chi connectivity index (χ2n) is 4.50. The molecular weight excluding hydrogens is 268 g/mol. The number of rotatable bonds is 3. The molecule has 0 fully saturated rings. The predicted molar refractivity (Wildman–Crippen MR) is 78.3 cm³/mol. The number of pyridine rings is 1. The Labute approximate surface area is 121 Å². The lowest BCUT2D eigenvalue weighted by Crippen LogP contribution is -2.44. The second-order valence-corrected chi connectivity index (χ2v) is 4.50. The van der Waals surface area contributed by atoms with Gasteiger partial charge in [0.2, 0.25) is 0 Å². The molecule has 1 unspecified atom stereocenters. The second kappa shape index (κ2) is 5.58. The molecule has 0 spiro atoms. The number of imidazole rings is 1. The smallest absolute Gasteiger partial charge is 0.290 e. The fourth-order valence-corrected chi connectivity index (χ4v) is 1.93. The summed E-state index contributed by atoms with van der Waals surface area (Å²) in [5.41, 5.74) is 1.68. The first kappa shape index (κ1) is 13.0. The molecule has 7 heteroatoms. The van der Waals surface area contributed by atoms with Gasteiger partial charge in [0.05, 0.1) is 5.69 Å². The van der Waals surface area contributed by atoms with Crippen molar-refractivity contribution in [1.29, 1.82) is 0 Å². The number of aryl methyl sites for hydroxylation is 1. The Morgan fingerprint density at radius 3 is 2.86 bits per heavy atom. The van der Waals surface area contributed by atoms with Crippen LogP contribution in [0.4, 0.5) is 0 Å². The summed E-state index contributed by atoms with van der Waals surface area (Å²) in [6.07, 6.45) is 7.96. The molecule has 3 rings (SSSR count). The largest absolute Gasteiger partial charge is 0.352 e. The van der Waals surface area contributed by atoms with Crippen LogP contribution in [-0.4, -0.2) is 32.9 Å². The summed E-state index contributed by atoms with van der Waals surface area (Å²) in [5, 5.41) is 5.75. The highest BCUT2D eigenvalue weighted by atomic mass is 16.2. The van der Waals surface area contributed by atoms with Crippen LogP contribution in [0.5, 0.6) is 0 Å². The van der Waals surface area contributed by atoms with Crippen LogP contribution in [0.3, 0.4) is 0 Å². The Morgan fingerprint density at radius 1 is 1.33 bits per heavy atom. The van der Waals surface area contributed by atoms with Gasteiger partial charge in [0.1, 0.15) is 0 Å². The number of nitrogens with one attached hydrogen (secondary N) is 2. The zero-order valence-electron chi connectivity index (χ0n) is 11.4. The van der Waals surface area contributed by atoms with Gasteiger partial charge in [-0.25, -0.2) is 9.98 Å². The van der Waals surface area contributed by atoms with Gasteiger partial charge in [-0.1, -0.05) is 6.07 Å². The third kappa shape index (κ3) is 2.81. The summed E-state index contributed by atoms with van der Waals surface area (Å²) in [7, 11) is 1.76. The van der Waals surface area contributed by atoms with E-state index in [1.54, 1.807) is 42.6 Å². The van der Waals surface area contributed by atoms with Crippen LogP contribution in [-0.2, 0) is 7.05 Å². The standard InChI is InChI=1S/C14H14N6O/c1-20-7-6-16-12(20)13(21)19-14-17-8-10(9-18-14)11-4-2-3-5-15-11/h2-9,14,17H,1H3,(H,19,21). The van der Waals surface area contributed by atoms with Crippen LogP contribution in [0.1, 0.15) is 16.3 Å². The van der Waals surface area contributed by atoms with E-state index in [-0.39, 0.29) is 5.91 Å². The minimum absolute atomic E-state index is 0.285. The average Bonchev–Trinajstić information content (AvgIpc) is 2.95. The number of carbonyl (C=O) groups excluding carboxylic acids is 1. The summed E-state index contributed by atoms with van der Waals surface area (Å²) in [5.74, 6) is 0.0540. The number of aliphatic imine (C=N–C) groups is 1. The van der Waals surface area contributed by atoms with E-state index in [4.69, 9.17) is 0 Å². The lowest BCUT2D eigenvalue weighted by molar-refractivity contribution is 0.0920. The van der Waals surface area contributed by atoms with E-state index in [1.807, 2.05) is 18.2 Å². The maximum absolute atomic E-state index is 12.0. The van der Waals surface area contributed by atoms with Crippen LogP contribution in [0.15, 0.2) is 48.0 Å². The van der Waals surface area contributed by atoms with Gasteiger partial charge in [0.15, 0.2) is 12.1 Å². The fourth-order valence-electron chi connectivity index (χ4n) is 1.93. The first-order valence-electron chi connectivity index (χ1n) is 6.43. The highest BCUT2D eigenvalue weighted by molar-refractivity contribution is 6.09. The van der Waals surface area contributed by atoms with Crippen LogP contribution in [0, 0.1) is 0 Å². The summed E-state index contributed by atoms with van der Waals surface area (Å²) < 4.78 is 1.65. The Balaban J connectivity index is 1.64. The van der Waals surface area contributed by atoms with Gasteiger partial charge in [-0.2, -0.15) is 0 Å². The molecule has 1 amide bonds. The highest BCUT2D eigenvalue weighted by Gasteiger charge is 2.16. The van der Waals surface area contributed by atoms with Crippen molar-refractivity contribution in [2.24, 2.45) is 12.0 Å². The Hall–Kier alpha value is -2.96. The molecule has 0 aromatic carbocycles. The lowest BCUT2D eigenvalue weighted by Gasteiger charge is -2.18. The normalized spacial score (nSPS) is 17.0. The summed E-state index contributed by atoms with van der Waals surface area (Å²) >= 11 is 0. The van der Waals surface area contributed by atoms with E-state index in [9.17, 15) is 4.79 Å². The van der Waals surface area contributed by atoms with Crippen molar-refractivity contribution < 1.29 is 4.79 Å². The van der Waals surface area contributed by atoms with Crippen LogP contribution in [0.2, 0.25) is 0 Å². The monoisotopic (exact) mass is 282 g/mol. The molecular formula is C14H14N6O. The number of allylic oxidation sites excluding steroid dienone is 1. The van der Waals surface area contributed by atoms with Crippen molar-refractivity contribution >= 4 is 17.7 Å². The summed E-state index contributed by atoms with van der Waals surface area (Å²) in [6, 6.07) is 5.66. The van der Waals surface area contributed by atoms with Gasteiger partial charge in [-0.05, 0) is 12.1 Å². The third-order valence-corrected chi connectivity index (χ3v) is 3.01. The maximum Gasteiger partial charge on any atom is 0.290 e. The molecule has 0 aliphatic carbocycles. The number of carbonyl (C=O) groups is 1. The number of aromatic nitrogens is 3. The highest BCUT2D eigenvalue weighted by Crippen LogP contribution is 2.10. The van der Waals surface area contributed by atoms with Crippen molar-refractivity contribution in [2.45, 2.75) is 6.29 Å². The van der Waals surface area contributed by atoms with Crippen molar-refractivity contribution in [3.63, 3.8) is 0 Å². The molecule has 3 heterocycles. The molecule has 0 saturated carbocycles.